The van der Waals surface area contributed by atoms with Crippen molar-refractivity contribution in [2.45, 2.75) is 32.5 Å². The molecule has 2 aromatic rings. The van der Waals surface area contributed by atoms with Gasteiger partial charge < -0.3 is 10.0 Å². The van der Waals surface area contributed by atoms with Crippen molar-refractivity contribution < 1.29 is 9.90 Å². The molecular weight excluding hydrogens is 298 g/mol. The molecule has 0 aromatic heterocycles. The average molecular weight is 316 g/mol. The summed E-state index contributed by atoms with van der Waals surface area (Å²) < 4.78 is 0. The molecule has 1 aliphatic heterocycles. The number of nitrogens with zero attached hydrogens (tertiary/aromatic N) is 1. The van der Waals surface area contributed by atoms with Crippen LogP contribution in [0.2, 0.25) is 5.02 Å². The lowest BCUT2D eigenvalue weighted by Crippen LogP contribution is -2.30. The Morgan fingerprint density at radius 3 is 2.77 bits per heavy atom. The number of amides is 1. The van der Waals surface area contributed by atoms with Gasteiger partial charge in [-0.3, -0.25) is 4.79 Å². The first-order chi connectivity index (χ1) is 10.6. The van der Waals surface area contributed by atoms with Gasteiger partial charge in [-0.05, 0) is 35.2 Å². The fraction of sp³-hybridized carbons (Fsp3) is 0.278. The summed E-state index contributed by atoms with van der Waals surface area (Å²) in [7, 11) is 0. The molecule has 1 heterocycles. The first kappa shape index (κ1) is 15.1. The maximum Gasteiger partial charge on any atom is 0.227 e. The minimum absolute atomic E-state index is 0.0338. The van der Waals surface area contributed by atoms with Gasteiger partial charge in [0.2, 0.25) is 5.91 Å². The highest BCUT2D eigenvalue weighted by Gasteiger charge is 2.30. The van der Waals surface area contributed by atoms with Gasteiger partial charge in [0, 0.05) is 11.6 Å². The first-order valence-corrected chi connectivity index (χ1v) is 7.74. The number of hydrogen-bond donors (Lipinski definition) is 1. The second-order valence-electron chi connectivity index (χ2n) is 5.61. The third-order valence-electron chi connectivity index (χ3n) is 4.35. The largest absolute Gasteiger partial charge is 0.392 e. The lowest BCUT2D eigenvalue weighted by molar-refractivity contribution is -0.132. The zero-order valence-corrected chi connectivity index (χ0v) is 13.2. The van der Waals surface area contributed by atoms with Crippen LogP contribution in [0.4, 0.5) is 0 Å². The summed E-state index contributed by atoms with van der Waals surface area (Å²) >= 11 is 6.20. The Morgan fingerprint density at radius 1 is 1.27 bits per heavy atom. The molecule has 3 nitrogen and oxygen atoms in total. The monoisotopic (exact) mass is 315 g/mol. The summed E-state index contributed by atoms with van der Waals surface area (Å²) in [5, 5.41) is 9.96. The summed E-state index contributed by atoms with van der Waals surface area (Å²) in [5.74, 6) is 0.0338. The van der Waals surface area contributed by atoms with E-state index in [4.69, 9.17) is 11.6 Å². The third kappa shape index (κ3) is 2.62. The van der Waals surface area contributed by atoms with Crippen LogP contribution >= 0.6 is 11.6 Å². The van der Waals surface area contributed by atoms with E-state index in [1.807, 2.05) is 24.0 Å². The van der Waals surface area contributed by atoms with Crippen LogP contribution < -0.4 is 0 Å². The molecule has 4 heteroatoms. The van der Waals surface area contributed by atoms with Crippen molar-refractivity contribution in [3.63, 3.8) is 0 Å². The van der Waals surface area contributed by atoms with Gasteiger partial charge in [0.05, 0.1) is 19.1 Å². The molecule has 2 aromatic carbocycles. The molecule has 3 rings (SSSR count). The van der Waals surface area contributed by atoms with Crippen molar-refractivity contribution in [2.75, 3.05) is 0 Å². The van der Waals surface area contributed by atoms with Crippen molar-refractivity contribution in [1.82, 2.24) is 4.90 Å². The Balaban J connectivity index is 1.83. The molecule has 0 spiro atoms. The van der Waals surface area contributed by atoms with Gasteiger partial charge in [-0.25, -0.2) is 0 Å². The van der Waals surface area contributed by atoms with Gasteiger partial charge in [-0.15, -0.1) is 0 Å². The summed E-state index contributed by atoms with van der Waals surface area (Å²) in [6.45, 7) is 2.57. The van der Waals surface area contributed by atoms with E-state index in [0.717, 1.165) is 5.56 Å². The minimum Gasteiger partial charge on any atom is -0.392 e. The number of aliphatic hydroxyl groups is 1. The minimum atomic E-state index is -0.112. The van der Waals surface area contributed by atoms with Crippen LogP contribution in [0.25, 0.3) is 0 Å². The van der Waals surface area contributed by atoms with Crippen LogP contribution in [0.15, 0.2) is 42.5 Å². The number of benzene rings is 2. The number of hydrogen-bond acceptors (Lipinski definition) is 2. The Morgan fingerprint density at radius 2 is 2.05 bits per heavy atom. The number of rotatable bonds is 3. The van der Waals surface area contributed by atoms with Gasteiger partial charge in [0.25, 0.3) is 0 Å². The van der Waals surface area contributed by atoms with Crippen molar-refractivity contribution in [3.8, 4) is 0 Å². The first-order valence-electron chi connectivity index (χ1n) is 7.36. The topological polar surface area (TPSA) is 40.5 Å². The predicted octanol–water partition coefficient (Wildman–Crippen LogP) is 3.48. The van der Waals surface area contributed by atoms with Crippen molar-refractivity contribution in [3.05, 3.63) is 69.7 Å². The van der Waals surface area contributed by atoms with E-state index >= 15 is 0 Å². The fourth-order valence-corrected chi connectivity index (χ4v) is 3.34. The van der Waals surface area contributed by atoms with E-state index < -0.39 is 0 Å². The van der Waals surface area contributed by atoms with Crippen LogP contribution in [0.1, 0.15) is 35.2 Å². The zero-order valence-electron chi connectivity index (χ0n) is 12.4. The van der Waals surface area contributed by atoms with Crippen molar-refractivity contribution in [2.24, 2.45) is 0 Å². The van der Waals surface area contributed by atoms with Gasteiger partial charge in [0.1, 0.15) is 0 Å². The number of aliphatic hydroxyl groups excluding tert-OH is 1. The second-order valence-corrected chi connectivity index (χ2v) is 6.02. The SMILES string of the molecule is C[C@H]1c2ccccc2CN1C(=O)Cc1c(Cl)cccc1CO. The van der Waals surface area contributed by atoms with E-state index in [0.29, 0.717) is 17.1 Å². The van der Waals surface area contributed by atoms with Crippen LogP contribution in [0.3, 0.4) is 0 Å². The van der Waals surface area contributed by atoms with E-state index in [1.165, 1.54) is 11.1 Å². The fourth-order valence-electron chi connectivity index (χ4n) is 3.08. The molecule has 0 saturated heterocycles. The molecule has 0 fully saturated rings. The Labute approximate surface area is 135 Å². The Hall–Kier alpha value is -1.84. The molecule has 1 amide bonds. The quantitative estimate of drug-likeness (QED) is 0.942. The van der Waals surface area contributed by atoms with E-state index in [9.17, 15) is 9.90 Å². The second kappa shape index (κ2) is 6.11. The van der Waals surface area contributed by atoms with Crippen LogP contribution in [-0.4, -0.2) is 15.9 Å². The zero-order chi connectivity index (χ0) is 15.7. The lowest BCUT2D eigenvalue weighted by Gasteiger charge is -2.23. The number of halogens is 1. The maximum atomic E-state index is 12.7. The van der Waals surface area contributed by atoms with E-state index in [-0.39, 0.29) is 25.0 Å². The molecule has 1 aliphatic rings. The van der Waals surface area contributed by atoms with Gasteiger partial charge in [-0.2, -0.15) is 0 Å². The number of fused-ring (bicyclic) bond motifs is 1. The lowest BCUT2D eigenvalue weighted by atomic mass is 10.0. The standard InChI is InChI=1S/C18H18ClNO2/c1-12-15-7-3-2-5-13(15)10-20(12)18(22)9-16-14(11-21)6-4-8-17(16)19/h2-8,12,21H,9-11H2,1H3/t12-/m0/s1. The van der Waals surface area contributed by atoms with E-state index in [1.54, 1.807) is 18.2 Å². The molecule has 0 bridgehead atoms. The molecule has 0 radical (unpaired) electrons. The van der Waals surface area contributed by atoms with Gasteiger partial charge >= 0.3 is 0 Å². The van der Waals surface area contributed by atoms with Crippen molar-refractivity contribution in [1.29, 1.82) is 0 Å². The molecule has 0 unspecified atom stereocenters. The summed E-state index contributed by atoms with van der Waals surface area (Å²) in [6, 6.07) is 13.6. The summed E-state index contributed by atoms with van der Waals surface area (Å²) in [5.41, 5.74) is 3.84. The molecule has 0 aliphatic carbocycles. The Kier molecular flexibility index (Phi) is 4.19. The van der Waals surface area contributed by atoms with Gasteiger partial charge in [-0.1, -0.05) is 48.0 Å². The molecule has 22 heavy (non-hydrogen) atoms. The van der Waals surface area contributed by atoms with Crippen LogP contribution in [0, 0.1) is 0 Å². The number of carbonyl (C=O) groups is 1. The average Bonchev–Trinajstić information content (AvgIpc) is 2.87. The van der Waals surface area contributed by atoms with Crippen LogP contribution in [0.5, 0.6) is 0 Å². The third-order valence-corrected chi connectivity index (χ3v) is 4.70. The molecule has 1 N–H and O–H groups in total. The van der Waals surface area contributed by atoms with Gasteiger partial charge in [0.15, 0.2) is 0 Å². The highest BCUT2D eigenvalue weighted by Crippen LogP contribution is 2.34. The molecular formula is C18H18ClNO2. The molecule has 0 saturated carbocycles. The summed E-state index contributed by atoms with van der Waals surface area (Å²) in [4.78, 5) is 14.6. The van der Waals surface area contributed by atoms with Crippen LogP contribution in [-0.2, 0) is 24.4 Å². The molecule has 114 valence electrons. The van der Waals surface area contributed by atoms with Crippen molar-refractivity contribution >= 4 is 17.5 Å². The number of carbonyl (C=O) groups excluding carboxylic acids is 1. The highest BCUT2D eigenvalue weighted by molar-refractivity contribution is 6.31. The predicted molar refractivity (Wildman–Crippen MR) is 86.5 cm³/mol. The smallest absolute Gasteiger partial charge is 0.227 e. The summed E-state index contributed by atoms with van der Waals surface area (Å²) in [6.07, 6.45) is 0.216. The normalized spacial score (nSPS) is 16.7. The molecule has 1 atom stereocenters. The maximum absolute atomic E-state index is 12.7. The highest BCUT2D eigenvalue weighted by atomic mass is 35.5. The Bertz CT molecular complexity index is 714. The van der Waals surface area contributed by atoms with E-state index in [2.05, 4.69) is 12.1 Å².